The molecule has 8 heteroatoms. The topological polar surface area (TPSA) is 58.4 Å². The molecule has 0 N–H and O–H groups in total. The average Bonchev–Trinajstić information content (AvgIpc) is 2.89. The van der Waals surface area contributed by atoms with Crippen molar-refractivity contribution in [2.24, 2.45) is 0 Å². The molecule has 1 aromatic heterocycles. The largest absolute Gasteiger partial charge is 0.521 e. The van der Waals surface area contributed by atoms with Gasteiger partial charge in [0.15, 0.2) is 5.59 Å². The molecule has 0 atom stereocenters. The molecule has 0 aromatic carbocycles. The number of hydrogen-bond acceptors (Lipinski definition) is 5. The van der Waals surface area contributed by atoms with Crippen LogP contribution in [0.1, 0.15) is 46.6 Å². The number of hydrogen-bond donors (Lipinski definition) is 0. The van der Waals surface area contributed by atoms with Crippen LogP contribution in [0.25, 0.3) is 0 Å². The van der Waals surface area contributed by atoms with Crippen molar-refractivity contribution in [3.8, 4) is 0 Å². The first kappa shape index (κ1) is 14.9. The van der Waals surface area contributed by atoms with Gasteiger partial charge in [0, 0.05) is 13.2 Å². The van der Waals surface area contributed by atoms with Crippen molar-refractivity contribution in [3.05, 3.63) is 5.95 Å². The molecular weight excluding hydrogens is 276 g/mol. The minimum atomic E-state index is -0.816. The van der Waals surface area contributed by atoms with Crippen LogP contribution in [-0.2, 0) is 14.0 Å². The fraction of sp³-hybridized carbons (Fsp3) is 0.846. The Labute approximate surface area is 124 Å². The summed E-state index contributed by atoms with van der Waals surface area (Å²) in [5.41, 5.74) is -0.917. The van der Waals surface area contributed by atoms with E-state index in [2.05, 4.69) is 10.3 Å². The highest BCUT2D eigenvalue weighted by Gasteiger charge is 2.54. The van der Waals surface area contributed by atoms with Crippen LogP contribution in [0.15, 0.2) is 0 Å². The van der Waals surface area contributed by atoms with Crippen LogP contribution < -0.4 is 5.59 Å². The molecule has 2 aliphatic heterocycles. The summed E-state index contributed by atoms with van der Waals surface area (Å²) in [4.78, 5) is 0. The number of aromatic nitrogens is 3. The second kappa shape index (κ2) is 5.03. The van der Waals surface area contributed by atoms with E-state index in [-0.39, 0.29) is 11.6 Å². The molecule has 0 radical (unpaired) electrons. The van der Waals surface area contributed by atoms with Crippen molar-refractivity contribution in [1.29, 1.82) is 0 Å². The Morgan fingerprint density at radius 1 is 1.14 bits per heavy atom. The Bertz CT molecular complexity index is 513. The highest BCUT2D eigenvalue weighted by Crippen LogP contribution is 2.36. The maximum Gasteiger partial charge on any atom is 0.521 e. The summed E-state index contributed by atoms with van der Waals surface area (Å²) in [6.07, 6.45) is 1.48. The Kier molecular flexibility index (Phi) is 3.58. The van der Waals surface area contributed by atoms with Gasteiger partial charge < -0.3 is 14.0 Å². The van der Waals surface area contributed by atoms with E-state index >= 15 is 0 Å². The maximum absolute atomic E-state index is 14.6. The van der Waals surface area contributed by atoms with Crippen molar-refractivity contribution < 1.29 is 18.4 Å². The third-order valence-electron chi connectivity index (χ3n) is 4.67. The van der Waals surface area contributed by atoms with Crippen LogP contribution in [0.4, 0.5) is 4.39 Å². The highest BCUT2D eigenvalue weighted by molar-refractivity contribution is 6.61. The molecule has 2 fully saturated rings. The van der Waals surface area contributed by atoms with Gasteiger partial charge in [-0.05, 0) is 40.5 Å². The third-order valence-corrected chi connectivity index (χ3v) is 4.67. The van der Waals surface area contributed by atoms with E-state index in [0.29, 0.717) is 13.2 Å². The van der Waals surface area contributed by atoms with E-state index in [1.165, 1.54) is 4.68 Å². The summed E-state index contributed by atoms with van der Waals surface area (Å²) in [6, 6.07) is -0.0116. The lowest BCUT2D eigenvalue weighted by atomic mass is 9.85. The van der Waals surface area contributed by atoms with Gasteiger partial charge in [0.1, 0.15) is 0 Å². The molecule has 0 amide bonds. The Morgan fingerprint density at radius 2 is 1.71 bits per heavy atom. The molecule has 116 valence electrons. The first-order chi connectivity index (χ1) is 9.82. The molecule has 0 spiro atoms. The maximum atomic E-state index is 14.6. The second-order valence-corrected chi connectivity index (χ2v) is 6.64. The van der Waals surface area contributed by atoms with Crippen LogP contribution in [0.5, 0.6) is 0 Å². The van der Waals surface area contributed by atoms with Gasteiger partial charge in [-0.1, -0.05) is 5.21 Å². The first-order valence-corrected chi connectivity index (χ1v) is 7.36. The summed E-state index contributed by atoms with van der Waals surface area (Å²) >= 11 is 0. The van der Waals surface area contributed by atoms with E-state index in [9.17, 15) is 4.39 Å². The van der Waals surface area contributed by atoms with Crippen LogP contribution >= 0.6 is 0 Å². The van der Waals surface area contributed by atoms with Gasteiger partial charge >= 0.3 is 7.12 Å². The van der Waals surface area contributed by atoms with Gasteiger partial charge in [0.25, 0.3) is 0 Å². The summed E-state index contributed by atoms with van der Waals surface area (Å²) < 4.78 is 32.9. The Balaban J connectivity index is 1.83. The average molecular weight is 297 g/mol. The predicted molar refractivity (Wildman–Crippen MR) is 74.8 cm³/mol. The lowest BCUT2D eigenvalue weighted by Crippen LogP contribution is -2.41. The van der Waals surface area contributed by atoms with Crippen molar-refractivity contribution >= 4 is 12.7 Å². The monoisotopic (exact) mass is 297 g/mol. The second-order valence-electron chi connectivity index (χ2n) is 6.64. The molecule has 0 bridgehead atoms. The fourth-order valence-corrected chi connectivity index (χ4v) is 2.56. The lowest BCUT2D eigenvalue weighted by Gasteiger charge is -2.32. The molecule has 21 heavy (non-hydrogen) atoms. The van der Waals surface area contributed by atoms with Crippen LogP contribution in [-0.4, -0.2) is 46.5 Å². The molecule has 3 heterocycles. The molecule has 2 saturated heterocycles. The highest BCUT2D eigenvalue weighted by atomic mass is 19.1. The Hall–Kier alpha value is -0.985. The standard InChI is InChI=1S/C13H21BFN3O3/c1-12(2)13(3,4)21-14(20-12)10-11(15)18(17-16-10)9-5-7-19-8-6-9/h9H,5-8H2,1-4H3. The predicted octanol–water partition coefficient (Wildman–Crippen LogP) is 1.07. The number of ether oxygens (including phenoxy) is 1. The zero-order valence-corrected chi connectivity index (χ0v) is 12.9. The molecule has 1 aromatic rings. The van der Waals surface area contributed by atoms with Gasteiger partial charge in [-0.25, -0.2) is 4.68 Å². The zero-order valence-electron chi connectivity index (χ0n) is 12.9. The molecule has 0 saturated carbocycles. The fourth-order valence-electron chi connectivity index (χ4n) is 2.56. The van der Waals surface area contributed by atoms with Gasteiger partial charge in [-0.2, -0.15) is 4.39 Å². The molecule has 0 unspecified atom stereocenters. The number of rotatable bonds is 2. The summed E-state index contributed by atoms with van der Waals surface area (Å²) in [5, 5.41) is 7.91. The van der Waals surface area contributed by atoms with Crippen LogP contribution in [0, 0.1) is 5.95 Å². The third kappa shape index (κ3) is 2.49. The van der Waals surface area contributed by atoms with Crippen LogP contribution in [0.3, 0.4) is 0 Å². The summed E-state index contributed by atoms with van der Waals surface area (Å²) in [6.45, 7) is 8.94. The van der Waals surface area contributed by atoms with Gasteiger partial charge in [0.05, 0.1) is 17.2 Å². The van der Waals surface area contributed by atoms with Crippen molar-refractivity contribution in [1.82, 2.24) is 15.0 Å². The van der Waals surface area contributed by atoms with Crippen molar-refractivity contribution in [3.63, 3.8) is 0 Å². The van der Waals surface area contributed by atoms with Gasteiger partial charge in [-0.3, -0.25) is 0 Å². The molecule has 0 aliphatic carbocycles. The minimum absolute atomic E-state index is 0.0116. The SMILES string of the molecule is CC1(C)OB(c2nnn(C3CCOCC3)c2F)OC1(C)C. The zero-order chi connectivity index (χ0) is 15.3. The molecule has 3 rings (SSSR count). The van der Waals surface area contributed by atoms with Crippen molar-refractivity contribution in [2.75, 3.05) is 13.2 Å². The molecular formula is C13H21BFN3O3. The summed E-state index contributed by atoms with van der Waals surface area (Å²) in [5.74, 6) is -0.472. The van der Waals surface area contributed by atoms with Gasteiger partial charge in [-0.15, -0.1) is 5.10 Å². The Morgan fingerprint density at radius 3 is 2.29 bits per heavy atom. The van der Waals surface area contributed by atoms with E-state index in [0.717, 1.165) is 12.8 Å². The molecule has 6 nitrogen and oxygen atoms in total. The van der Waals surface area contributed by atoms with E-state index in [1.54, 1.807) is 0 Å². The van der Waals surface area contributed by atoms with E-state index in [1.807, 2.05) is 27.7 Å². The smallest absolute Gasteiger partial charge is 0.398 e. The first-order valence-electron chi connectivity index (χ1n) is 7.36. The number of nitrogens with zero attached hydrogens (tertiary/aromatic N) is 3. The van der Waals surface area contributed by atoms with E-state index < -0.39 is 24.3 Å². The van der Waals surface area contributed by atoms with Crippen molar-refractivity contribution in [2.45, 2.75) is 57.8 Å². The molecule has 2 aliphatic rings. The summed E-state index contributed by atoms with van der Waals surface area (Å²) in [7, 11) is -0.816. The lowest BCUT2D eigenvalue weighted by molar-refractivity contribution is 0.00578. The van der Waals surface area contributed by atoms with E-state index in [4.69, 9.17) is 14.0 Å². The normalized spacial score (nSPS) is 25.5. The quantitative estimate of drug-likeness (QED) is 0.764. The number of halogens is 1. The minimum Gasteiger partial charge on any atom is -0.398 e. The van der Waals surface area contributed by atoms with Gasteiger partial charge in [0.2, 0.25) is 5.95 Å². The van der Waals surface area contributed by atoms with Crippen LogP contribution in [0.2, 0.25) is 0 Å².